The molecule has 96 valence electrons. The molecule has 0 saturated carbocycles. The van der Waals surface area contributed by atoms with Gasteiger partial charge in [0.15, 0.2) is 5.60 Å². The van der Waals surface area contributed by atoms with Crippen molar-refractivity contribution in [1.29, 1.82) is 0 Å². The monoisotopic (exact) mass is 266 g/mol. The number of hydrogen-bond acceptors (Lipinski definition) is 3. The van der Waals surface area contributed by atoms with Crippen LogP contribution in [-0.2, 0) is 19.9 Å². The van der Waals surface area contributed by atoms with E-state index in [4.69, 9.17) is 21.1 Å². The molecular formula is C14H15ClO3. The number of alkyl halides is 1. The first-order chi connectivity index (χ1) is 8.55. The van der Waals surface area contributed by atoms with Crippen LogP contribution < -0.4 is 0 Å². The van der Waals surface area contributed by atoms with Gasteiger partial charge in [-0.1, -0.05) is 42.8 Å². The largest absolute Gasteiger partial charge is 0.466 e. The molecule has 1 fully saturated rings. The van der Waals surface area contributed by atoms with Gasteiger partial charge in [-0.3, -0.25) is 0 Å². The van der Waals surface area contributed by atoms with Gasteiger partial charge >= 0.3 is 5.97 Å². The summed E-state index contributed by atoms with van der Waals surface area (Å²) in [6, 6.07) is 8.04. The SMILES string of the molecule is COC(=O)C1(Cl)OC12CCC(C)c1ccccc12. The molecule has 18 heavy (non-hydrogen) atoms. The van der Waals surface area contributed by atoms with Crippen molar-refractivity contribution < 1.29 is 14.3 Å². The molecule has 1 aliphatic carbocycles. The molecule has 1 aromatic rings. The van der Waals surface area contributed by atoms with E-state index < -0.39 is 16.6 Å². The number of rotatable bonds is 1. The highest BCUT2D eigenvalue weighted by Gasteiger charge is 2.77. The zero-order valence-electron chi connectivity index (χ0n) is 10.4. The summed E-state index contributed by atoms with van der Waals surface area (Å²) in [5.74, 6) is -0.0388. The van der Waals surface area contributed by atoms with E-state index in [2.05, 4.69) is 13.0 Å². The second kappa shape index (κ2) is 3.72. The van der Waals surface area contributed by atoms with Crippen LogP contribution in [0.3, 0.4) is 0 Å². The van der Waals surface area contributed by atoms with Crippen LogP contribution in [0.15, 0.2) is 24.3 Å². The number of benzene rings is 1. The van der Waals surface area contributed by atoms with Gasteiger partial charge in [0.05, 0.1) is 7.11 Å². The molecule has 3 unspecified atom stereocenters. The fourth-order valence-electron chi connectivity index (χ4n) is 3.00. The van der Waals surface area contributed by atoms with Gasteiger partial charge in [-0.05, 0) is 29.9 Å². The maximum atomic E-state index is 11.8. The number of ether oxygens (including phenoxy) is 2. The lowest BCUT2D eigenvalue weighted by molar-refractivity contribution is -0.143. The molecular weight excluding hydrogens is 252 g/mol. The highest BCUT2D eigenvalue weighted by Crippen LogP contribution is 2.65. The molecule has 0 aromatic heterocycles. The number of carbonyl (C=O) groups is 1. The lowest BCUT2D eigenvalue weighted by Crippen LogP contribution is -2.32. The van der Waals surface area contributed by atoms with E-state index in [1.165, 1.54) is 12.7 Å². The standard InChI is InChI=1S/C14H15ClO3/c1-9-7-8-13(11-6-4-3-5-10(9)11)14(15,18-13)12(16)17-2/h3-6,9H,7-8H2,1-2H3. The summed E-state index contributed by atoms with van der Waals surface area (Å²) >= 11 is 6.31. The number of epoxide rings is 1. The van der Waals surface area contributed by atoms with Crippen molar-refractivity contribution in [2.45, 2.75) is 36.3 Å². The molecule has 0 amide bonds. The third kappa shape index (κ3) is 1.32. The van der Waals surface area contributed by atoms with Crippen LogP contribution >= 0.6 is 11.6 Å². The average molecular weight is 267 g/mol. The lowest BCUT2D eigenvalue weighted by atomic mass is 9.75. The van der Waals surface area contributed by atoms with E-state index in [9.17, 15) is 4.79 Å². The normalized spacial score (nSPS) is 37.2. The topological polar surface area (TPSA) is 38.8 Å². The molecule has 3 nitrogen and oxygen atoms in total. The van der Waals surface area contributed by atoms with E-state index >= 15 is 0 Å². The van der Waals surface area contributed by atoms with E-state index in [1.807, 2.05) is 18.2 Å². The molecule has 4 heteroatoms. The molecule has 0 radical (unpaired) electrons. The highest BCUT2D eigenvalue weighted by molar-refractivity contribution is 6.36. The Morgan fingerprint density at radius 1 is 1.50 bits per heavy atom. The van der Waals surface area contributed by atoms with E-state index in [0.29, 0.717) is 5.92 Å². The highest BCUT2D eigenvalue weighted by atomic mass is 35.5. The fraction of sp³-hybridized carbons (Fsp3) is 0.500. The van der Waals surface area contributed by atoms with Gasteiger partial charge in [0.1, 0.15) is 0 Å². The molecule has 3 rings (SSSR count). The van der Waals surface area contributed by atoms with Crippen molar-refractivity contribution in [2.24, 2.45) is 0 Å². The first-order valence-corrected chi connectivity index (χ1v) is 6.50. The summed E-state index contributed by atoms with van der Waals surface area (Å²) < 4.78 is 10.4. The van der Waals surface area contributed by atoms with Crippen LogP contribution in [0.2, 0.25) is 0 Å². The number of methoxy groups -OCH3 is 1. The van der Waals surface area contributed by atoms with Gasteiger partial charge in [0.25, 0.3) is 5.06 Å². The van der Waals surface area contributed by atoms with Gasteiger partial charge < -0.3 is 9.47 Å². The Hall–Kier alpha value is -1.06. The second-order valence-electron chi connectivity index (χ2n) is 5.04. The molecule has 1 aromatic carbocycles. The van der Waals surface area contributed by atoms with Crippen molar-refractivity contribution in [3.05, 3.63) is 35.4 Å². The molecule has 1 saturated heterocycles. The summed E-state index contributed by atoms with van der Waals surface area (Å²) in [6.07, 6.45) is 1.71. The lowest BCUT2D eigenvalue weighted by Gasteiger charge is -2.28. The zero-order valence-corrected chi connectivity index (χ0v) is 11.2. The molecule has 1 spiro atoms. The minimum absolute atomic E-state index is 0.467. The number of fused-ring (bicyclic) bond motifs is 2. The van der Waals surface area contributed by atoms with Crippen molar-refractivity contribution >= 4 is 17.6 Å². The summed E-state index contributed by atoms with van der Waals surface area (Å²) in [4.78, 5) is 11.8. The minimum atomic E-state index is -1.34. The predicted molar refractivity (Wildman–Crippen MR) is 67.5 cm³/mol. The summed E-state index contributed by atoms with van der Waals surface area (Å²) in [5, 5.41) is -1.34. The molecule has 1 heterocycles. The smallest absolute Gasteiger partial charge is 0.357 e. The zero-order chi connectivity index (χ0) is 13.0. The van der Waals surface area contributed by atoms with Crippen molar-refractivity contribution in [1.82, 2.24) is 0 Å². The van der Waals surface area contributed by atoms with Crippen LogP contribution in [-0.4, -0.2) is 18.1 Å². The van der Waals surface area contributed by atoms with Gasteiger partial charge in [-0.25, -0.2) is 4.79 Å². The third-order valence-electron chi connectivity index (χ3n) is 4.10. The quantitative estimate of drug-likeness (QED) is 0.446. The van der Waals surface area contributed by atoms with Crippen LogP contribution in [0.1, 0.15) is 36.8 Å². The Kier molecular flexibility index (Phi) is 2.48. The van der Waals surface area contributed by atoms with Gasteiger partial charge in [-0.2, -0.15) is 0 Å². The second-order valence-corrected chi connectivity index (χ2v) is 5.58. The van der Waals surface area contributed by atoms with Crippen LogP contribution in [0, 0.1) is 0 Å². The molecule has 2 aliphatic rings. The number of esters is 1. The Bertz CT molecular complexity index is 516. The van der Waals surface area contributed by atoms with E-state index in [0.717, 1.165) is 18.4 Å². The summed E-state index contributed by atoms with van der Waals surface area (Å²) in [6.45, 7) is 2.18. The number of halogens is 1. The van der Waals surface area contributed by atoms with Crippen molar-refractivity contribution in [3.8, 4) is 0 Å². The van der Waals surface area contributed by atoms with Crippen molar-refractivity contribution in [3.63, 3.8) is 0 Å². The first kappa shape index (κ1) is 12.0. The molecule has 3 atom stereocenters. The molecule has 0 N–H and O–H groups in total. The van der Waals surface area contributed by atoms with E-state index in [-0.39, 0.29) is 0 Å². The Labute approximate surface area is 111 Å². The minimum Gasteiger partial charge on any atom is -0.466 e. The Balaban J connectivity index is 2.08. The number of hydrogen-bond donors (Lipinski definition) is 0. The Morgan fingerprint density at radius 2 is 2.22 bits per heavy atom. The third-order valence-corrected chi connectivity index (χ3v) is 4.63. The van der Waals surface area contributed by atoms with Gasteiger partial charge in [-0.15, -0.1) is 0 Å². The molecule has 0 bridgehead atoms. The van der Waals surface area contributed by atoms with Crippen LogP contribution in [0.5, 0.6) is 0 Å². The average Bonchev–Trinajstić information content (AvgIpc) is 3.01. The predicted octanol–water partition coefficient (Wildman–Crippen LogP) is 2.92. The van der Waals surface area contributed by atoms with Crippen LogP contribution in [0.25, 0.3) is 0 Å². The first-order valence-electron chi connectivity index (χ1n) is 6.12. The van der Waals surface area contributed by atoms with Gasteiger partial charge in [0.2, 0.25) is 0 Å². The maximum absolute atomic E-state index is 11.8. The molecule has 1 aliphatic heterocycles. The van der Waals surface area contributed by atoms with Crippen molar-refractivity contribution in [2.75, 3.05) is 7.11 Å². The maximum Gasteiger partial charge on any atom is 0.357 e. The Morgan fingerprint density at radius 3 is 2.94 bits per heavy atom. The van der Waals surface area contributed by atoms with Gasteiger partial charge in [0, 0.05) is 0 Å². The fourth-order valence-corrected chi connectivity index (χ4v) is 3.40. The van der Waals surface area contributed by atoms with Crippen LogP contribution in [0.4, 0.5) is 0 Å². The number of carbonyl (C=O) groups excluding carboxylic acids is 1. The summed E-state index contributed by atoms with van der Waals surface area (Å²) in [7, 11) is 1.33. The summed E-state index contributed by atoms with van der Waals surface area (Å²) in [5.41, 5.74) is 1.56. The van der Waals surface area contributed by atoms with E-state index in [1.54, 1.807) is 0 Å².